The first-order valence-electron chi connectivity index (χ1n) is 21.8. The van der Waals surface area contributed by atoms with Crippen molar-refractivity contribution in [3.63, 3.8) is 0 Å². The number of rotatable bonds is 8. The van der Waals surface area contributed by atoms with Gasteiger partial charge in [0, 0.05) is 38.4 Å². The molecule has 12 rings (SSSR count). The second kappa shape index (κ2) is 15.2. The molecule has 0 saturated heterocycles. The van der Waals surface area contributed by atoms with E-state index in [4.69, 9.17) is 0 Å². The molecule has 0 unspecified atom stereocenters. The fraction of sp³-hybridized carbons (Fsp3) is 0. The number of hydrogen-bond acceptors (Lipinski definition) is 0. The molecule has 0 aliphatic heterocycles. The number of nitrogens with zero attached hydrogens (tertiary/aromatic N) is 2. The third kappa shape index (κ3) is 5.85. The molecule has 0 aliphatic carbocycles. The van der Waals surface area contributed by atoms with Crippen molar-refractivity contribution in [3.05, 3.63) is 255 Å². The molecule has 2 heterocycles. The zero-order valence-electron chi connectivity index (χ0n) is 34.6. The summed E-state index contributed by atoms with van der Waals surface area (Å²) in [4.78, 5) is 0. The highest BCUT2D eigenvalue weighted by atomic mass is 28.3. The smallest absolute Gasteiger partial charge is 0.179 e. The van der Waals surface area contributed by atoms with Crippen LogP contribution >= 0.6 is 0 Å². The Bertz CT molecular complexity index is 3500. The summed E-state index contributed by atoms with van der Waals surface area (Å²) in [7, 11) is -2.84. The van der Waals surface area contributed by atoms with E-state index in [0.717, 1.165) is 11.4 Å². The van der Waals surface area contributed by atoms with E-state index in [2.05, 4.69) is 264 Å². The summed E-state index contributed by atoms with van der Waals surface area (Å²) in [5, 5.41) is 10.4. The Morgan fingerprint density at radius 1 is 0.270 bits per heavy atom. The normalized spacial score (nSPS) is 11.8. The van der Waals surface area contributed by atoms with Gasteiger partial charge in [-0.3, -0.25) is 0 Å². The minimum atomic E-state index is -2.84. The Balaban J connectivity index is 1.21. The number of hydrogen-bond donors (Lipinski definition) is 0. The largest absolute Gasteiger partial charge is 0.309 e. The van der Waals surface area contributed by atoms with Gasteiger partial charge in [0.15, 0.2) is 8.07 Å². The van der Waals surface area contributed by atoms with E-state index in [-0.39, 0.29) is 0 Å². The average Bonchev–Trinajstić information content (AvgIpc) is 3.88. The molecule has 0 bridgehead atoms. The van der Waals surface area contributed by atoms with Crippen molar-refractivity contribution in [1.29, 1.82) is 0 Å². The van der Waals surface area contributed by atoms with Gasteiger partial charge in [0.1, 0.15) is 0 Å². The molecule has 12 aromatic rings. The summed E-state index contributed by atoms with van der Waals surface area (Å²) in [5.74, 6) is 0. The van der Waals surface area contributed by atoms with Crippen molar-refractivity contribution in [2.45, 2.75) is 0 Å². The fourth-order valence-corrected chi connectivity index (χ4v) is 15.1. The Hall–Kier alpha value is -7.98. The van der Waals surface area contributed by atoms with Gasteiger partial charge >= 0.3 is 0 Å². The summed E-state index contributed by atoms with van der Waals surface area (Å²) in [6.07, 6.45) is 0. The Morgan fingerprint density at radius 2 is 0.730 bits per heavy atom. The van der Waals surface area contributed by atoms with Gasteiger partial charge in [-0.1, -0.05) is 224 Å². The van der Waals surface area contributed by atoms with Crippen LogP contribution in [-0.2, 0) is 0 Å². The van der Waals surface area contributed by atoms with E-state index in [1.54, 1.807) is 0 Å². The molecule has 0 spiro atoms. The van der Waals surface area contributed by atoms with Crippen LogP contribution in [0.3, 0.4) is 0 Å². The van der Waals surface area contributed by atoms with Crippen molar-refractivity contribution in [1.82, 2.24) is 9.13 Å². The highest BCUT2D eigenvalue weighted by Crippen LogP contribution is 2.41. The molecule has 3 heteroatoms. The Morgan fingerprint density at radius 3 is 1.38 bits per heavy atom. The molecule has 2 aromatic heterocycles. The topological polar surface area (TPSA) is 9.86 Å². The van der Waals surface area contributed by atoms with E-state index in [1.165, 1.54) is 86.6 Å². The van der Waals surface area contributed by atoms with Gasteiger partial charge in [-0.05, 0) is 62.2 Å². The maximum Gasteiger partial charge on any atom is 0.179 e. The molecule has 296 valence electrons. The van der Waals surface area contributed by atoms with Gasteiger partial charge in [0.25, 0.3) is 0 Å². The minimum Gasteiger partial charge on any atom is -0.309 e. The van der Waals surface area contributed by atoms with Gasteiger partial charge in [0.2, 0.25) is 0 Å². The number of aromatic nitrogens is 2. The molecule has 0 aliphatic rings. The Labute approximate surface area is 368 Å². The minimum absolute atomic E-state index is 1.12. The van der Waals surface area contributed by atoms with Gasteiger partial charge in [-0.25, -0.2) is 0 Å². The van der Waals surface area contributed by atoms with Crippen molar-refractivity contribution >= 4 is 72.4 Å². The number of benzene rings is 10. The second-order valence-electron chi connectivity index (χ2n) is 16.4. The maximum atomic E-state index is 2.56. The molecule has 63 heavy (non-hydrogen) atoms. The van der Waals surface area contributed by atoms with Gasteiger partial charge in [-0.15, -0.1) is 0 Å². The molecule has 0 saturated carbocycles. The van der Waals surface area contributed by atoms with Gasteiger partial charge in [0.05, 0.1) is 27.8 Å². The predicted molar refractivity (Wildman–Crippen MR) is 270 cm³/mol. The lowest BCUT2D eigenvalue weighted by molar-refractivity contribution is 1.16. The first kappa shape index (κ1) is 36.8. The lowest BCUT2D eigenvalue weighted by atomic mass is 10.0. The first-order valence-corrected chi connectivity index (χ1v) is 23.8. The number of para-hydroxylation sites is 3. The highest BCUT2D eigenvalue weighted by molar-refractivity contribution is 7.20. The van der Waals surface area contributed by atoms with Crippen LogP contribution < -0.4 is 20.7 Å². The van der Waals surface area contributed by atoms with Crippen LogP contribution in [0, 0.1) is 0 Å². The summed E-state index contributed by atoms with van der Waals surface area (Å²) < 4.78 is 5.03. The lowest BCUT2D eigenvalue weighted by Crippen LogP contribution is -2.74. The number of fused-ring (bicyclic) bond motifs is 6. The molecule has 0 amide bonds. The van der Waals surface area contributed by atoms with E-state index in [0.29, 0.717) is 0 Å². The summed E-state index contributed by atoms with van der Waals surface area (Å²) in [6, 6.07) is 94.3. The summed E-state index contributed by atoms with van der Waals surface area (Å²) in [5.41, 5.74) is 11.8. The Kier molecular flexibility index (Phi) is 8.87. The van der Waals surface area contributed by atoms with Crippen LogP contribution in [0.5, 0.6) is 0 Å². The van der Waals surface area contributed by atoms with Crippen LogP contribution in [0.15, 0.2) is 255 Å². The quantitative estimate of drug-likeness (QED) is 0.107. The molecule has 0 fully saturated rings. The average molecular weight is 819 g/mol. The van der Waals surface area contributed by atoms with Crippen LogP contribution in [0.4, 0.5) is 0 Å². The van der Waals surface area contributed by atoms with E-state index < -0.39 is 8.07 Å². The van der Waals surface area contributed by atoms with E-state index in [9.17, 15) is 0 Å². The van der Waals surface area contributed by atoms with Crippen molar-refractivity contribution in [2.24, 2.45) is 0 Å². The molecular weight excluding hydrogens is 777 g/mol. The molecule has 2 nitrogen and oxygen atoms in total. The summed E-state index contributed by atoms with van der Waals surface area (Å²) in [6.45, 7) is 0. The zero-order valence-corrected chi connectivity index (χ0v) is 35.6. The first-order chi connectivity index (χ1) is 31.3. The van der Waals surface area contributed by atoms with Crippen LogP contribution in [0.25, 0.3) is 77.2 Å². The molecule has 0 atom stereocenters. The van der Waals surface area contributed by atoms with Crippen molar-refractivity contribution in [3.8, 4) is 33.6 Å². The second-order valence-corrected chi connectivity index (χ2v) is 20.2. The monoisotopic (exact) mass is 818 g/mol. The van der Waals surface area contributed by atoms with Crippen LogP contribution in [0.2, 0.25) is 0 Å². The summed E-state index contributed by atoms with van der Waals surface area (Å²) >= 11 is 0. The van der Waals surface area contributed by atoms with Crippen LogP contribution in [-0.4, -0.2) is 17.2 Å². The molecule has 0 N–H and O–H groups in total. The van der Waals surface area contributed by atoms with Gasteiger partial charge < -0.3 is 9.13 Å². The molecular formula is C60H42N2Si. The molecule has 10 aromatic carbocycles. The van der Waals surface area contributed by atoms with Gasteiger partial charge in [-0.2, -0.15) is 0 Å². The standard InChI is InChI=1S/C60H42N2Si/c1-6-21-43(22-7-1)50-31-16-18-35-56(50)62-57-36-19-17-32-52(57)53-39-37-45(41-58(53)62)61-59-42-49(38-40-54(59)55-34-20-33-51(60(55)61)44-23-8-2-9-24-44)63(46-25-10-3-11-26-46,47-27-12-4-13-28-47)48-29-14-5-15-30-48/h1-42H. The van der Waals surface area contributed by atoms with Crippen molar-refractivity contribution < 1.29 is 0 Å². The fourth-order valence-electron chi connectivity index (χ4n) is 10.4. The van der Waals surface area contributed by atoms with Crippen molar-refractivity contribution in [2.75, 3.05) is 0 Å². The SMILES string of the molecule is c1ccc(-c2ccccc2-n2c3ccccc3c3ccc(-n4c5cc([Si](c6ccccc6)(c6ccccc6)c6ccccc6)ccc5c5cccc(-c6ccccc6)c54)cc32)cc1. The van der Waals surface area contributed by atoms with E-state index in [1.807, 2.05) is 0 Å². The molecule has 0 radical (unpaired) electrons. The maximum absolute atomic E-state index is 2.84. The highest BCUT2D eigenvalue weighted by Gasteiger charge is 2.41. The van der Waals surface area contributed by atoms with E-state index >= 15 is 0 Å². The third-order valence-electron chi connectivity index (χ3n) is 13.1. The third-order valence-corrected chi connectivity index (χ3v) is 17.8. The predicted octanol–water partition coefficient (Wildman–Crippen LogP) is 12.6. The van der Waals surface area contributed by atoms with Crippen LogP contribution in [0.1, 0.15) is 0 Å². The lowest BCUT2D eigenvalue weighted by Gasteiger charge is -2.34. The zero-order chi connectivity index (χ0) is 41.7.